The molecule has 3 aromatic carbocycles. The third kappa shape index (κ3) is 3.99. The van der Waals surface area contributed by atoms with Gasteiger partial charge in [-0.1, -0.05) is 105 Å². The van der Waals surface area contributed by atoms with E-state index < -0.39 is 9.04 Å². The summed E-state index contributed by atoms with van der Waals surface area (Å²) in [6, 6.07) is 30.8. The molecule has 0 aliphatic heterocycles. The summed E-state index contributed by atoms with van der Waals surface area (Å²) in [5, 5.41) is 2.74. The minimum Gasteiger partial charge on any atom is -0.401 e. The molecule has 4 rings (SSSR count). The van der Waals surface area contributed by atoms with Crippen LogP contribution in [0.4, 0.5) is 0 Å². The Morgan fingerprint density at radius 2 is 1.43 bits per heavy atom. The second-order valence-corrected chi connectivity index (χ2v) is 10.3. The first-order chi connectivity index (χ1) is 13.8. The van der Waals surface area contributed by atoms with Gasteiger partial charge in [0.05, 0.1) is 5.60 Å². The Morgan fingerprint density at radius 1 is 0.821 bits per heavy atom. The van der Waals surface area contributed by atoms with E-state index in [0.29, 0.717) is 0 Å². The fourth-order valence-electron chi connectivity index (χ4n) is 4.59. The molecule has 1 unspecified atom stereocenters. The first-order valence-corrected chi connectivity index (χ1v) is 12.3. The molecule has 0 saturated carbocycles. The zero-order valence-corrected chi connectivity index (χ0v) is 18.0. The quantitative estimate of drug-likeness (QED) is 0.521. The third-order valence-electron chi connectivity index (χ3n) is 6.02. The van der Waals surface area contributed by atoms with Gasteiger partial charge in [0.15, 0.2) is 0 Å². The highest BCUT2D eigenvalue weighted by Gasteiger charge is 2.39. The van der Waals surface area contributed by atoms with Gasteiger partial charge in [-0.15, -0.1) is 0 Å². The van der Waals surface area contributed by atoms with Gasteiger partial charge in [0.2, 0.25) is 9.04 Å². The van der Waals surface area contributed by atoms with Gasteiger partial charge in [-0.25, -0.2) is 0 Å². The summed E-state index contributed by atoms with van der Waals surface area (Å²) in [5.41, 5.74) is 2.78. The van der Waals surface area contributed by atoms with Crippen LogP contribution in [0.2, 0.25) is 0 Å². The lowest BCUT2D eigenvalue weighted by Gasteiger charge is -2.42. The van der Waals surface area contributed by atoms with Crippen molar-refractivity contribution in [1.82, 2.24) is 0 Å². The minimum atomic E-state index is -1.79. The van der Waals surface area contributed by atoms with Crippen LogP contribution in [-0.4, -0.2) is 9.04 Å². The van der Waals surface area contributed by atoms with Crippen LogP contribution in [0.15, 0.2) is 84.9 Å². The number of unbranched alkanes of at least 4 members (excludes halogenated alkanes) is 1. The largest absolute Gasteiger partial charge is 0.401 e. The summed E-state index contributed by atoms with van der Waals surface area (Å²) < 4.78 is 7.32. The van der Waals surface area contributed by atoms with E-state index in [1.807, 2.05) is 0 Å². The molecule has 1 aliphatic rings. The lowest BCUT2D eigenvalue weighted by molar-refractivity contribution is 0.0375. The van der Waals surface area contributed by atoms with Crippen LogP contribution in [0, 0.1) is 0 Å². The first kappa shape index (κ1) is 19.2. The van der Waals surface area contributed by atoms with Crippen molar-refractivity contribution in [3.63, 3.8) is 0 Å². The molecule has 0 radical (unpaired) electrons. The zero-order valence-electron chi connectivity index (χ0n) is 16.8. The molecule has 0 heterocycles. The van der Waals surface area contributed by atoms with E-state index in [-0.39, 0.29) is 5.60 Å². The molecular formula is C26H30OSi. The van der Waals surface area contributed by atoms with Crippen molar-refractivity contribution in [3.8, 4) is 0 Å². The monoisotopic (exact) mass is 386 g/mol. The lowest BCUT2D eigenvalue weighted by atomic mass is 9.76. The highest BCUT2D eigenvalue weighted by atomic mass is 28.3. The number of aryl methyl sites for hydroxylation is 1. The van der Waals surface area contributed by atoms with E-state index in [1.54, 1.807) is 0 Å². The van der Waals surface area contributed by atoms with Crippen LogP contribution in [0.1, 0.15) is 50.2 Å². The minimum absolute atomic E-state index is 0.145. The zero-order chi connectivity index (χ0) is 19.2. The second-order valence-electron chi connectivity index (χ2n) is 7.93. The second kappa shape index (κ2) is 8.89. The van der Waals surface area contributed by atoms with Crippen LogP contribution in [0.3, 0.4) is 0 Å². The first-order valence-electron chi connectivity index (χ1n) is 10.7. The Labute approximate surface area is 171 Å². The van der Waals surface area contributed by atoms with Gasteiger partial charge >= 0.3 is 0 Å². The van der Waals surface area contributed by atoms with E-state index in [1.165, 1.54) is 47.2 Å². The lowest BCUT2D eigenvalue weighted by Crippen LogP contribution is -2.51. The topological polar surface area (TPSA) is 9.23 Å². The van der Waals surface area contributed by atoms with Gasteiger partial charge in [-0.2, -0.15) is 0 Å². The predicted molar refractivity (Wildman–Crippen MR) is 121 cm³/mol. The smallest absolute Gasteiger partial charge is 0.241 e. The Kier molecular flexibility index (Phi) is 6.09. The Balaban J connectivity index is 1.78. The molecule has 0 saturated heterocycles. The van der Waals surface area contributed by atoms with Crippen LogP contribution in [0.25, 0.3) is 0 Å². The van der Waals surface area contributed by atoms with Crippen molar-refractivity contribution in [2.45, 2.75) is 51.0 Å². The Morgan fingerprint density at radius 3 is 2.07 bits per heavy atom. The number of benzene rings is 3. The fraction of sp³-hybridized carbons (Fsp3) is 0.308. The van der Waals surface area contributed by atoms with Crippen LogP contribution >= 0.6 is 0 Å². The van der Waals surface area contributed by atoms with Crippen molar-refractivity contribution in [3.05, 3.63) is 96.1 Å². The highest BCUT2D eigenvalue weighted by molar-refractivity contribution is 6.80. The summed E-state index contributed by atoms with van der Waals surface area (Å²) in [5.74, 6) is 0. The van der Waals surface area contributed by atoms with Gasteiger partial charge in [-0.3, -0.25) is 0 Å². The predicted octanol–water partition coefficient (Wildman–Crippen LogP) is 4.96. The number of hydrogen-bond donors (Lipinski definition) is 0. The number of hydrogen-bond acceptors (Lipinski definition) is 1. The van der Waals surface area contributed by atoms with Gasteiger partial charge in [-0.05, 0) is 47.2 Å². The molecular weight excluding hydrogens is 356 g/mol. The summed E-state index contributed by atoms with van der Waals surface area (Å²) in [6.07, 6.45) is 7.05. The van der Waals surface area contributed by atoms with Gasteiger partial charge in [0.1, 0.15) is 0 Å². The molecule has 0 aromatic heterocycles. The maximum absolute atomic E-state index is 7.32. The summed E-state index contributed by atoms with van der Waals surface area (Å²) in [4.78, 5) is 0. The highest BCUT2D eigenvalue weighted by Crippen LogP contribution is 2.42. The van der Waals surface area contributed by atoms with Gasteiger partial charge < -0.3 is 4.43 Å². The molecule has 144 valence electrons. The molecule has 1 nitrogen and oxygen atoms in total. The normalized spacial score (nSPS) is 18.8. The molecule has 0 N–H and O–H groups in total. The molecule has 2 heteroatoms. The van der Waals surface area contributed by atoms with Crippen molar-refractivity contribution in [2.24, 2.45) is 0 Å². The molecule has 0 amide bonds. The third-order valence-corrected chi connectivity index (χ3v) is 8.68. The van der Waals surface area contributed by atoms with E-state index in [4.69, 9.17) is 4.43 Å². The Hall–Kier alpha value is -2.16. The van der Waals surface area contributed by atoms with Crippen molar-refractivity contribution >= 4 is 19.4 Å². The SMILES string of the molecule is CCCCC1(O[SiH](c2ccccc2)c2ccccc2)CCCc2ccccc21. The van der Waals surface area contributed by atoms with Crippen LogP contribution < -0.4 is 10.4 Å². The van der Waals surface area contributed by atoms with E-state index >= 15 is 0 Å². The van der Waals surface area contributed by atoms with Gasteiger partial charge in [0, 0.05) is 0 Å². The van der Waals surface area contributed by atoms with E-state index in [9.17, 15) is 0 Å². The van der Waals surface area contributed by atoms with Gasteiger partial charge in [0.25, 0.3) is 0 Å². The van der Waals surface area contributed by atoms with Crippen LogP contribution in [0.5, 0.6) is 0 Å². The van der Waals surface area contributed by atoms with Crippen molar-refractivity contribution < 1.29 is 4.43 Å². The molecule has 28 heavy (non-hydrogen) atoms. The maximum atomic E-state index is 7.32. The summed E-state index contributed by atoms with van der Waals surface area (Å²) >= 11 is 0. The van der Waals surface area contributed by atoms with Crippen molar-refractivity contribution in [2.75, 3.05) is 0 Å². The summed E-state index contributed by atoms with van der Waals surface area (Å²) in [6.45, 7) is 2.28. The average molecular weight is 387 g/mol. The molecule has 0 bridgehead atoms. The van der Waals surface area contributed by atoms with Crippen LogP contribution in [-0.2, 0) is 16.4 Å². The van der Waals surface area contributed by atoms with Crippen molar-refractivity contribution in [1.29, 1.82) is 0 Å². The number of fused-ring (bicyclic) bond motifs is 1. The average Bonchev–Trinajstić information content (AvgIpc) is 2.77. The summed E-state index contributed by atoms with van der Waals surface area (Å²) in [7, 11) is -1.79. The molecule has 1 atom stereocenters. The molecule has 3 aromatic rings. The molecule has 0 spiro atoms. The Bertz CT molecular complexity index is 838. The standard InChI is InChI=1S/C26H30OSi/c1-2-3-20-26(21-12-14-22-13-10-11-19-25(22)26)27-28(23-15-6-4-7-16-23)24-17-8-5-9-18-24/h4-11,13,15-19,28H,2-3,12,14,20-21H2,1H3. The molecule has 0 fully saturated rings. The maximum Gasteiger partial charge on any atom is 0.241 e. The number of rotatable bonds is 7. The van der Waals surface area contributed by atoms with E-state index in [0.717, 1.165) is 12.8 Å². The van der Waals surface area contributed by atoms with E-state index in [2.05, 4.69) is 91.9 Å². The fourth-order valence-corrected chi connectivity index (χ4v) is 7.21. The molecule has 1 aliphatic carbocycles.